The molecule has 0 bridgehead atoms. The van der Waals surface area contributed by atoms with Gasteiger partial charge < -0.3 is 14.8 Å². The maximum atomic E-state index is 10.9. The first kappa shape index (κ1) is 8.49. The molecule has 1 fully saturated rings. The van der Waals surface area contributed by atoms with Crippen LogP contribution < -0.4 is 5.32 Å². The van der Waals surface area contributed by atoms with E-state index in [1.54, 1.807) is 0 Å². The van der Waals surface area contributed by atoms with Crippen LogP contribution in [-0.4, -0.2) is 38.4 Å². The molecule has 1 rings (SSSR count). The van der Waals surface area contributed by atoms with Gasteiger partial charge in [0.25, 0.3) is 0 Å². The van der Waals surface area contributed by atoms with Crippen molar-refractivity contribution in [2.75, 3.05) is 20.2 Å². The van der Waals surface area contributed by atoms with Gasteiger partial charge in [0, 0.05) is 13.1 Å². The summed E-state index contributed by atoms with van der Waals surface area (Å²) in [5.74, 6) is -0.302. The van der Waals surface area contributed by atoms with Gasteiger partial charge in [-0.25, -0.2) is 4.79 Å². The summed E-state index contributed by atoms with van der Waals surface area (Å²) in [6.45, 7) is 3.27. The molecular formula is C7H13NO3. The van der Waals surface area contributed by atoms with Crippen molar-refractivity contribution in [2.45, 2.75) is 19.1 Å². The Morgan fingerprint density at radius 2 is 2.36 bits per heavy atom. The molecule has 0 radical (unpaired) electrons. The molecule has 1 heterocycles. The fourth-order valence-corrected chi connectivity index (χ4v) is 1.06. The number of nitrogens with one attached hydrogen (secondary N) is 1. The van der Waals surface area contributed by atoms with Gasteiger partial charge in [-0.05, 0) is 6.92 Å². The van der Waals surface area contributed by atoms with Gasteiger partial charge in [0.05, 0.1) is 13.2 Å². The van der Waals surface area contributed by atoms with Crippen molar-refractivity contribution in [3.8, 4) is 0 Å². The topological polar surface area (TPSA) is 47.6 Å². The molecule has 0 amide bonds. The van der Waals surface area contributed by atoms with Crippen LogP contribution in [0.5, 0.6) is 0 Å². The summed E-state index contributed by atoms with van der Waals surface area (Å²) in [6, 6.07) is 0. The molecule has 64 valence electrons. The smallest absolute Gasteiger partial charge is 0.336 e. The summed E-state index contributed by atoms with van der Waals surface area (Å²) in [7, 11) is 1.37. The van der Waals surface area contributed by atoms with E-state index in [0.29, 0.717) is 6.54 Å². The lowest BCUT2D eigenvalue weighted by Crippen LogP contribution is -2.47. The predicted molar refractivity (Wildman–Crippen MR) is 39.2 cm³/mol. The second kappa shape index (κ2) is 3.69. The van der Waals surface area contributed by atoms with Gasteiger partial charge in [0.15, 0.2) is 6.10 Å². The zero-order valence-electron chi connectivity index (χ0n) is 6.79. The molecule has 0 spiro atoms. The van der Waals surface area contributed by atoms with E-state index in [9.17, 15) is 4.79 Å². The Balaban J connectivity index is 2.39. The zero-order chi connectivity index (χ0) is 8.27. The maximum absolute atomic E-state index is 10.9. The van der Waals surface area contributed by atoms with E-state index in [1.165, 1.54) is 7.11 Å². The van der Waals surface area contributed by atoms with E-state index < -0.39 is 6.10 Å². The van der Waals surface area contributed by atoms with Gasteiger partial charge in [0.1, 0.15) is 0 Å². The summed E-state index contributed by atoms with van der Waals surface area (Å²) in [5.41, 5.74) is 0. The minimum absolute atomic E-state index is 0.0906. The molecule has 0 aromatic heterocycles. The standard InChI is InChI=1S/C7H13NO3/c1-5-3-8-4-6(11-5)7(9)10-2/h5-6,8H,3-4H2,1-2H3/t5-,6?/m1/s1. The minimum Gasteiger partial charge on any atom is -0.467 e. The number of ether oxygens (including phenoxy) is 2. The van der Waals surface area contributed by atoms with Crippen LogP contribution in [0.15, 0.2) is 0 Å². The summed E-state index contributed by atoms with van der Waals surface area (Å²) < 4.78 is 9.84. The van der Waals surface area contributed by atoms with Crippen molar-refractivity contribution in [1.82, 2.24) is 5.32 Å². The molecule has 1 aliphatic rings. The average Bonchev–Trinajstić information content (AvgIpc) is 2.03. The van der Waals surface area contributed by atoms with Crippen LogP contribution >= 0.6 is 0 Å². The third-order valence-electron chi connectivity index (χ3n) is 1.62. The average molecular weight is 159 g/mol. The van der Waals surface area contributed by atoms with Crippen LogP contribution in [0.1, 0.15) is 6.92 Å². The molecule has 2 atom stereocenters. The van der Waals surface area contributed by atoms with E-state index in [1.807, 2.05) is 6.92 Å². The zero-order valence-corrected chi connectivity index (χ0v) is 6.79. The number of hydrogen-bond donors (Lipinski definition) is 1. The number of rotatable bonds is 1. The third kappa shape index (κ3) is 2.17. The first-order chi connectivity index (χ1) is 5.24. The molecule has 0 saturated carbocycles. The van der Waals surface area contributed by atoms with Crippen LogP contribution in [0.3, 0.4) is 0 Å². The number of methoxy groups -OCH3 is 1. The van der Waals surface area contributed by atoms with Crippen LogP contribution in [0.2, 0.25) is 0 Å². The van der Waals surface area contributed by atoms with Crippen LogP contribution in [0.25, 0.3) is 0 Å². The quantitative estimate of drug-likeness (QED) is 0.526. The highest BCUT2D eigenvalue weighted by Crippen LogP contribution is 2.03. The van der Waals surface area contributed by atoms with E-state index in [2.05, 4.69) is 10.1 Å². The number of morpholine rings is 1. The van der Waals surface area contributed by atoms with E-state index in [4.69, 9.17) is 4.74 Å². The fraction of sp³-hybridized carbons (Fsp3) is 0.857. The molecule has 4 nitrogen and oxygen atoms in total. The maximum Gasteiger partial charge on any atom is 0.336 e. The Morgan fingerprint density at radius 1 is 1.64 bits per heavy atom. The van der Waals surface area contributed by atoms with Crippen LogP contribution in [0, 0.1) is 0 Å². The molecule has 1 saturated heterocycles. The van der Waals surface area contributed by atoms with Crippen molar-refractivity contribution in [1.29, 1.82) is 0 Å². The summed E-state index contributed by atoms with van der Waals surface area (Å²) in [4.78, 5) is 10.9. The number of esters is 1. The molecule has 1 N–H and O–H groups in total. The minimum atomic E-state index is -0.427. The number of carbonyl (C=O) groups excluding carboxylic acids is 1. The highest BCUT2D eigenvalue weighted by Gasteiger charge is 2.25. The Hall–Kier alpha value is -0.610. The first-order valence-corrected chi connectivity index (χ1v) is 3.68. The lowest BCUT2D eigenvalue weighted by Gasteiger charge is -2.26. The van der Waals surface area contributed by atoms with Gasteiger partial charge in [-0.15, -0.1) is 0 Å². The summed E-state index contributed by atoms with van der Waals surface area (Å²) in [5, 5.41) is 3.07. The first-order valence-electron chi connectivity index (χ1n) is 3.68. The normalized spacial score (nSPS) is 31.5. The number of carbonyl (C=O) groups is 1. The van der Waals surface area contributed by atoms with Crippen LogP contribution in [0.4, 0.5) is 0 Å². The summed E-state index contributed by atoms with van der Waals surface area (Å²) >= 11 is 0. The second-order valence-electron chi connectivity index (χ2n) is 2.62. The van der Waals surface area contributed by atoms with Gasteiger partial charge in [-0.3, -0.25) is 0 Å². The highest BCUT2D eigenvalue weighted by atomic mass is 16.6. The Kier molecular flexibility index (Phi) is 2.84. The molecule has 4 heteroatoms. The van der Waals surface area contributed by atoms with Gasteiger partial charge in [-0.2, -0.15) is 0 Å². The van der Waals surface area contributed by atoms with E-state index in [-0.39, 0.29) is 12.1 Å². The molecule has 0 aromatic carbocycles. The van der Waals surface area contributed by atoms with Gasteiger partial charge in [0.2, 0.25) is 0 Å². The Bertz CT molecular complexity index is 149. The number of hydrogen-bond acceptors (Lipinski definition) is 4. The second-order valence-corrected chi connectivity index (χ2v) is 2.62. The van der Waals surface area contributed by atoms with Crippen molar-refractivity contribution >= 4 is 5.97 Å². The highest BCUT2D eigenvalue weighted by molar-refractivity contribution is 5.74. The van der Waals surface area contributed by atoms with E-state index >= 15 is 0 Å². The van der Waals surface area contributed by atoms with Gasteiger partial charge >= 0.3 is 5.97 Å². The molecular weight excluding hydrogens is 146 g/mol. The fourth-order valence-electron chi connectivity index (χ4n) is 1.06. The van der Waals surface area contributed by atoms with Crippen molar-refractivity contribution < 1.29 is 14.3 Å². The summed E-state index contributed by atoms with van der Waals surface area (Å²) in [6.07, 6.45) is -0.336. The molecule has 1 aliphatic heterocycles. The predicted octanol–water partition coefficient (Wildman–Crippen LogP) is -0.464. The molecule has 1 unspecified atom stereocenters. The van der Waals surface area contributed by atoms with E-state index in [0.717, 1.165) is 6.54 Å². The monoisotopic (exact) mass is 159 g/mol. The molecule has 11 heavy (non-hydrogen) atoms. The van der Waals surface area contributed by atoms with Crippen molar-refractivity contribution in [3.05, 3.63) is 0 Å². The Labute approximate surface area is 65.9 Å². The molecule has 0 aliphatic carbocycles. The van der Waals surface area contributed by atoms with Gasteiger partial charge in [-0.1, -0.05) is 0 Å². The SMILES string of the molecule is COC(=O)C1CNC[C@@H](C)O1. The Morgan fingerprint density at radius 3 is 2.91 bits per heavy atom. The van der Waals surface area contributed by atoms with Crippen LogP contribution in [-0.2, 0) is 14.3 Å². The lowest BCUT2D eigenvalue weighted by molar-refractivity contribution is -0.159. The lowest BCUT2D eigenvalue weighted by atomic mass is 10.2. The molecule has 0 aromatic rings. The third-order valence-corrected chi connectivity index (χ3v) is 1.62. The van der Waals surface area contributed by atoms with Crippen molar-refractivity contribution in [2.24, 2.45) is 0 Å². The largest absolute Gasteiger partial charge is 0.467 e. The van der Waals surface area contributed by atoms with Crippen molar-refractivity contribution in [3.63, 3.8) is 0 Å².